The Morgan fingerprint density at radius 2 is 2.00 bits per heavy atom. The first-order chi connectivity index (χ1) is 17.7. The summed E-state index contributed by atoms with van der Waals surface area (Å²) < 4.78 is 27.0. The molecule has 0 aromatic carbocycles. The van der Waals surface area contributed by atoms with Gasteiger partial charge in [0, 0.05) is 18.7 Å². The zero-order valence-electron chi connectivity index (χ0n) is 20.7. The molecule has 2 aliphatic rings. The second-order valence-electron chi connectivity index (χ2n) is 9.79. The van der Waals surface area contributed by atoms with Gasteiger partial charge >= 0.3 is 15.0 Å². The van der Waals surface area contributed by atoms with Crippen LogP contribution in [0.15, 0.2) is 40.9 Å². The van der Waals surface area contributed by atoms with Crippen LogP contribution in [-0.2, 0) is 19.6 Å². The highest BCUT2D eigenvalue weighted by Crippen LogP contribution is 2.38. The number of thiophene rings is 1. The highest BCUT2D eigenvalue weighted by Gasteiger charge is 2.36. The highest BCUT2D eigenvalue weighted by atomic mass is 32.2. The van der Waals surface area contributed by atoms with E-state index in [9.17, 15) is 28.0 Å². The highest BCUT2D eigenvalue weighted by molar-refractivity contribution is 7.89. The van der Waals surface area contributed by atoms with E-state index < -0.39 is 39.3 Å². The van der Waals surface area contributed by atoms with E-state index >= 15 is 0 Å². The molecule has 12 heteroatoms. The summed E-state index contributed by atoms with van der Waals surface area (Å²) >= 11 is 1.36. The molecule has 2 aromatic rings. The quantitative estimate of drug-likeness (QED) is 0.400. The lowest BCUT2D eigenvalue weighted by atomic mass is 9.79. The Kier molecular flexibility index (Phi) is 8.60. The minimum absolute atomic E-state index is 0.0486. The summed E-state index contributed by atoms with van der Waals surface area (Å²) in [5, 5.41) is 18.7. The first kappa shape index (κ1) is 27.2. The third kappa shape index (κ3) is 6.36. The summed E-state index contributed by atoms with van der Waals surface area (Å²) in [6.45, 7) is 1.54. The normalized spacial score (nSPS) is 23.3. The summed E-state index contributed by atoms with van der Waals surface area (Å²) in [7, 11) is -4.17. The lowest BCUT2D eigenvalue weighted by Crippen LogP contribution is -2.48. The number of Topliss-reactive ketones (excluding diaryl/α,β-unsaturated/α-hetero) is 1. The van der Waals surface area contributed by atoms with Crippen LogP contribution in [0.25, 0.3) is 0 Å². The van der Waals surface area contributed by atoms with Gasteiger partial charge in [0.05, 0.1) is 24.0 Å². The van der Waals surface area contributed by atoms with E-state index in [1.165, 1.54) is 36.0 Å². The Bertz CT molecular complexity index is 1260. The van der Waals surface area contributed by atoms with Crippen molar-refractivity contribution in [2.24, 2.45) is 5.92 Å². The van der Waals surface area contributed by atoms with Crippen LogP contribution in [0.3, 0.4) is 0 Å². The number of ketones is 1. The smallest absolute Gasteiger partial charge is 0.323 e. The molecule has 2 amide bonds. The van der Waals surface area contributed by atoms with Gasteiger partial charge in [0.25, 0.3) is 5.91 Å². The fraction of sp³-hybridized carbons (Fsp3) is 0.520. The third-order valence-electron chi connectivity index (χ3n) is 7.04. The molecule has 0 bridgehead atoms. The van der Waals surface area contributed by atoms with Gasteiger partial charge in [-0.25, -0.2) is 8.42 Å². The van der Waals surface area contributed by atoms with Crippen LogP contribution in [0.4, 0.5) is 0 Å². The van der Waals surface area contributed by atoms with E-state index in [4.69, 9.17) is 0 Å². The van der Waals surface area contributed by atoms with Crippen LogP contribution in [0.2, 0.25) is 0 Å². The minimum atomic E-state index is -4.17. The van der Waals surface area contributed by atoms with Crippen LogP contribution in [0.5, 0.6) is 0 Å². The molecule has 2 fully saturated rings. The van der Waals surface area contributed by atoms with Crippen molar-refractivity contribution in [2.45, 2.75) is 62.4 Å². The molecule has 10 nitrogen and oxygen atoms in total. The Labute approximate surface area is 220 Å². The van der Waals surface area contributed by atoms with E-state index in [-0.39, 0.29) is 30.1 Å². The average molecular weight is 549 g/mol. The van der Waals surface area contributed by atoms with Crippen molar-refractivity contribution in [3.63, 3.8) is 0 Å². The zero-order chi connectivity index (χ0) is 26.6. The molecule has 200 valence electrons. The van der Waals surface area contributed by atoms with Crippen LogP contribution in [0, 0.1) is 11.1 Å². The first-order valence-corrected chi connectivity index (χ1v) is 14.8. The van der Waals surface area contributed by atoms with E-state index in [1.54, 1.807) is 0 Å². The summed E-state index contributed by atoms with van der Waals surface area (Å²) in [6, 6.07) is 5.16. The van der Waals surface area contributed by atoms with Gasteiger partial charge in [-0.1, -0.05) is 19.8 Å². The number of carbonyl (C=O) groups excluding carboxylic acids is 3. The van der Waals surface area contributed by atoms with Gasteiger partial charge in [-0.05, 0) is 60.6 Å². The van der Waals surface area contributed by atoms with Crippen LogP contribution in [-0.4, -0.2) is 56.0 Å². The van der Waals surface area contributed by atoms with Crippen molar-refractivity contribution in [1.29, 1.82) is 0 Å². The van der Waals surface area contributed by atoms with E-state index in [2.05, 4.69) is 17.6 Å². The van der Waals surface area contributed by atoms with Crippen LogP contribution < -0.4 is 15.4 Å². The van der Waals surface area contributed by atoms with E-state index in [1.807, 2.05) is 11.4 Å². The molecule has 1 saturated carbocycles. The van der Waals surface area contributed by atoms with Crippen molar-refractivity contribution >= 4 is 39.0 Å². The molecule has 3 unspecified atom stereocenters. The van der Waals surface area contributed by atoms with Gasteiger partial charge in [-0.15, -0.1) is 11.3 Å². The fourth-order valence-corrected chi connectivity index (χ4v) is 7.50. The maximum Gasteiger partial charge on any atom is 0.323 e. The topological polar surface area (TPSA) is 140 Å². The summed E-state index contributed by atoms with van der Waals surface area (Å²) in [4.78, 5) is 38.8. The van der Waals surface area contributed by atoms with E-state index in [0.717, 1.165) is 35.3 Å². The predicted molar refractivity (Wildman–Crippen MR) is 137 cm³/mol. The Morgan fingerprint density at radius 1 is 1.19 bits per heavy atom. The Morgan fingerprint density at radius 3 is 2.76 bits per heavy atom. The molecule has 2 aromatic heterocycles. The van der Waals surface area contributed by atoms with Gasteiger partial charge in [0.2, 0.25) is 5.91 Å². The zero-order valence-corrected chi connectivity index (χ0v) is 22.4. The predicted octanol–water partition coefficient (Wildman–Crippen LogP) is 1.94. The Balaban J connectivity index is 1.32. The molecule has 3 atom stereocenters. The standard InChI is InChI=1S/C25H32N4O6S2/c1-17-6-4-7-18(14-17)19-10-13-36-24(19)25(32)26-15-22(31)27-20-8-5-11-28(16-21(20)30)37(34,35)23-9-2-3-12-29(23)33/h2-3,9-10,12-13,17-18,20H,4-8,11,14-16H2,1H3,(H,26,32)(H,27,31). The van der Waals surface area contributed by atoms with Gasteiger partial charge in [-0.2, -0.15) is 9.04 Å². The Hall–Kier alpha value is -2.83. The molecule has 1 aliphatic heterocycles. The molecule has 2 N–H and O–H groups in total. The largest absolute Gasteiger partial charge is 0.618 e. The van der Waals surface area contributed by atoms with E-state index in [0.29, 0.717) is 23.1 Å². The molecular formula is C25H32N4O6S2. The molecule has 0 radical (unpaired) electrons. The average Bonchev–Trinajstić information content (AvgIpc) is 3.28. The summed E-state index contributed by atoms with van der Waals surface area (Å²) in [5.74, 6) is -0.331. The van der Waals surface area contributed by atoms with Crippen molar-refractivity contribution in [3.8, 4) is 0 Å². The second-order valence-corrected chi connectivity index (χ2v) is 12.6. The molecule has 4 rings (SSSR count). The number of pyridine rings is 1. The number of aromatic nitrogens is 1. The lowest BCUT2D eigenvalue weighted by Gasteiger charge is -2.27. The number of amides is 2. The number of carbonyl (C=O) groups is 3. The number of sulfonamides is 1. The monoisotopic (exact) mass is 548 g/mol. The number of hydrogen-bond acceptors (Lipinski definition) is 7. The maximum atomic E-state index is 12.9. The number of nitrogens with one attached hydrogen (secondary N) is 2. The summed E-state index contributed by atoms with van der Waals surface area (Å²) in [6.07, 6.45) is 6.11. The first-order valence-electron chi connectivity index (χ1n) is 12.5. The number of rotatable bonds is 7. The fourth-order valence-electron chi connectivity index (χ4n) is 5.13. The van der Waals surface area contributed by atoms with Gasteiger partial charge in [0.1, 0.15) is 0 Å². The molecule has 1 aliphatic carbocycles. The molecule has 1 saturated heterocycles. The molecule has 37 heavy (non-hydrogen) atoms. The third-order valence-corrected chi connectivity index (χ3v) is 9.80. The van der Waals surface area contributed by atoms with Gasteiger partial charge in [0.15, 0.2) is 12.0 Å². The summed E-state index contributed by atoms with van der Waals surface area (Å²) in [5.41, 5.74) is 1.03. The number of hydrogen-bond donors (Lipinski definition) is 2. The van der Waals surface area contributed by atoms with Crippen LogP contribution >= 0.6 is 11.3 Å². The SMILES string of the molecule is CC1CCCC(c2ccsc2C(=O)NCC(=O)NC2CCCN(S(=O)(=O)c3cccc[n+]3[O-])CC2=O)C1. The number of nitrogens with zero attached hydrogens (tertiary/aromatic N) is 2. The van der Waals surface area contributed by atoms with Crippen molar-refractivity contribution in [2.75, 3.05) is 19.6 Å². The van der Waals surface area contributed by atoms with Crippen molar-refractivity contribution < 1.29 is 27.5 Å². The molecule has 0 spiro atoms. The van der Waals surface area contributed by atoms with Crippen molar-refractivity contribution in [1.82, 2.24) is 14.9 Å². The lowest BCUT2D eigenvalue weighted by molar-refractivity contribution is -0.646. The maximum absolute atomic E-state index is 12.9. The second kappa shape index (κ2) is 11.7. The van der Waals surface area contributed by atoms with Crippen LogP contribution in [0.1, 0.15) is 66.6 Å². The minimum Gasteiger partial charge on any atom is -0.618 e. The van der Waals surface area contributed by atoms with Gasteiger partial charge < -0.3 is 15.8 Å². The molecular weight excluding hydrogens is 516 g/mol. The molecule has 3 heterocycles. The van der Waals surface area contributed by atoms with Gasteiger partial charge in [-0.3, -0.25) is 14.4 Å². The van der Waals surface area contributed by atoms with Crippen molar-refractivity contribution in [3.05, 3.63) is 51.5 Å².